The van der Waals surface area contributed by atoms with Gasteiger partial charge in [-0.3, -0.25) is 4.79 Å². The van der Waals surface area contributed by atoms with Crippen LogP contribution in [0.4, 0.5) is 0 Å². The van der Waals surface area contributed by atoms with Gasteiger partial charge in [0.05, 0.1) is 11.4 Å². The van der Waals surface area contributed by atoms with Crippen LogP contribution < -0.4 is 5.32 Å². The standard InChI is InChI=1S/C17H21N3O3S/c1-13-11-17(20(19-13)15-9-3-2-4-10-15)24(22,23)12-16(21)18-14-7-5-6-8-14/h2-4,9-11,14H,5-8,12H2,1H3,(H,18,21). The molecule has 0 bridgehead atoms. The number of hydrogen-bond donors (Lipinski definition) is 1. The summed E-state index contributed by atoms with van der Waals surface area (Å²) in [7, 11) is -3.77. The maximum Gasteiger partial charge on any atom is 0.235 e. The van der Waals surface area contributed by atoms with E-state index in [0.29, 0.717) is 11.4 Å². The number of carbonyl (C=O) groups is 1. The van der Waals surface area contributed by atoms with Gasteiger partial charge in [-0.2, -0.15) is 5.10 Å². The third kappa shape index (κ3) is 3.67. The summed E-state index contributed by atoms with van der Waals surface area (Å²) in [6, 6.07) is 10.7. The zero-order valence-electron chi connectivity index (χ0n) is 13.6. The number of nitrogens with one attached hydrogen (secondary N) is 1. The Bertz CT molecular complexity index is 822. The number of aryl methyl sites for hydroxylation is 1. The summed E-state index contributed by atoms with van der Waals surface area (Å²) < 4.78 is 26.8. The summed E-state index contributed by atoms with van der Waals surface area (Å²) in [6.45, 7) is 1.73. The molecule has 7 heteroatoms. The molecule has 0 radical (unpaired) electrons. The number of rotatable bonds is 5. The lowest BCUT2D eigenvalue weighted by Gasteiger charge is -2.12. The third-order valence-corrected chi connectivity index (χ3v) is 5.73. The van der Waals surface area contributed by atoms with Crippen LogP contribution in [0.5, 0.6) is 0 Å². The molecule has 1 saturated carbocycles. The van der Waals surface area contributed by atoms with Crippen LogP contribution in [0.25, 0.3) is 5.69 Å². The molecule has 3 rings (SSSR count). The monoisotopic (exact) mass is 347 g/mol. The lowest BCUT2D eigenvalue weighted by atomic mass is 10.2. The van der Waals surface area contributed by atoms with E-state index in [1.54, 1.807) is 19.1 Å². The Morgan fingerprint density at radius 2 is 1.92 bits per heavy atom. The first-order valence-corrected chi connectivity index (χ1v) is 9.75. The van der Waals surface area contributed by atoms with Crippen molar-refractivity contribution >= 4 is 15.7 Å². The summed E-state index contributed by atoms with van der Waals surface area (Å²) in [5, 5.41) is 7.14. The van der Waals surface area contributed by atoms with Crippen LogP contribution in [0.15, 0.2) is 41.4 Å². The van der Waals surface area contributed by atoms with Gasteiger partial charge in [-0.1, -0.05) is 31.0 Å². The zero-order valence-corrected chi connectivity index (χ0v) is 14.4. The largest absolute Gasteiger partial charge is 0.352 e. The fraction of sp³-hybridized carbons (Fsp3) is 0.412. The van der Waals surface area contributed by atoms with Crippen LogP contribution in [0.3, 0.4) is 0 Å². The summed E-state index contributed by atoms with van der Waals surface area (Å²) in [5.74, 6) is -0.998. The minimum absolute atomic E-state index is 0.0489. The van der Waals surface area contributed by atoms with Crippen molar-refractivity contribution in [2.24, 2.45) is 0 Å². The molecule has 6 nitrogen and oxygen atoms in total. The maximum absolute atomic E-state index is 12.7. The second-order valence-electron chi connectivity index (χ2n) is 6.18. The van der Waals surface area contributed by atoms with Crippen molar-refractivity contribution in [1.29, 1.82) is 0 Å². The van der Waals surface area contributed by atoms with E-state index in [1.165, 1.54) is 10.7 Å². The SMILES string of the molecule is Cc1cc(S(=O)(=O)CC(=O)NC2CCCC2)n(-c2ccccc2)n1. The quantitative estimate of drug-likeness (QED) is 0.897. The maximum atomic E-state index is 12.7. The summed E-state index contributed by atoms with van der Waals surface area (Å²) in [6.07, 6.45) is 4.01. The normalized spacial score (nSPS) is 15.5. The Morgan fingerprint density at radius 1 is 1.25 bits per heavy atom. The molecule has 0 spiro atoms. The molecule has 1 amide bonds. The molecular weight excluding hydrogens is 326 g/mol. The first-order chi connectivity index (χ1) is 11.5. The molecule has 128 valence electrons. The molecule has 0 aliphatic heterocycles. The van der Waals surface area contributed by atoms with Crippen molar-refractivity contribution in [3.63, 3.8) is 0 Å². The van der Waals surface area contributed by atoms with Crippen LogP contribution in [0, 0.1) is 6.92 Å². The van der Waals surface area contributed by atoms with E-state index < -0.39 is 21.5 Å². The Hall–Kier alpha value is -2.15. The van der Waals surface area contributed by atoms with Crippen LogP contribution in [-0.4, -0.2) is 35.9 Å². The van der Waals surface area contributed by atoms with Gasteiger partial charge in [0.2, 0.25) is 15.7 Å². The molecule has 1 heterocycles. The summed E-state index contributed by atoms with van der Waals surface area (Å²) >= 11 is 0. The molecule has 1 aliphatic rings. The van der Waals surface area contributed by atoms with Gasteiger partial charge in [-0.05, 0) is 38.0 Å². The molecule has 1 N–H and O–H groups in total. The topological polar surface area (TPSA) is 81.1 Å². The molecule has 1 fully saturated rings. The van der Waals surface area contributed by atoms with E-state index in [1.807, 2.05) is 18.2 Å². The van der Waals surface area contributed by atoms with Gasteiger partial charge in [0.25, 0.3) is 0 Å². The predicted octanol–water partition coefficient (Wildman–Crippen LogP) is 2.01. The van der Waals surface area contributed by atoms with Crippen molar-refractivity contribution < 1.29 is 13.2 Å². The minimum Gasteiger partial charge on any atom is -0.352 e. The van der Waals surface area contributed by atoms with E-state index >= 15 is 0 Å². The average molecular weight is 347 g/mol. The highest BCUT2D eigenvalue weighted by Gasteiger charge is 2.27. The third-order valence-electron chi connectivity index (χ3n) is 4.16. The van der Waals surface area contributed by atoms with E-state index in [0.717, 1.165) is 25.7 Å². The Morgan fingerprint density at radius 3 is 2.58 bits per heavy atom. The average Bonchev–Trinajstić information content (AvgIpc) is 3.17. The summed E-state index contributed by atoms with van der Waals surface area (Å²) in [5.41, 5.74) is 1.24. The first-order valence-electron chi connectivity index (χ1n) is 8.10. The number of amides is 1. The smallest absolute Gasteiger partial charge is 0.235 e. The zero-order chi connectivity index (χ0) is 17.2. The van der Waals surface area contributed by atoms with Gasteiger partial charge in [0, 0.05) is 6.04 Å². The van der Waals surface area contributed by atoms with Crippen LogP contribution in [-0.2, 0) is 14.6 Å². The highest BCUT2D eigenvalue weighted by molar-refractivity contribution is 7.92. The molecule has 1 aromatic carbocycles. The minimum atomic E-state index is -3.77. The Labute approximate surface area is 141 Å². The molecule has 0 saturated heterocycles. The highest BCUT2D eigenvalue weighted by atomic mass is 32.2. The van der Waals surface area contributed by atoms with E-state index in [2.05, 4.69) is 10.4 Å². The predicted molar refractivity (Wildman–Crippen MR) is 90.8 cm³/mol. The summed E-state index contributed by atoms with van der Waals surface area (Å²) in [4.78, 5) is 12.1. The highest BCUT2D eigenvalue weighted by Crippen LogP contribution is 2.20. The van der Waals surface area contributed by atoms with E-state index in [4.69, 9.17) is 0 Å². The molecule has 0 unspecified atom stereocenters. The van der Waals surface area contributed by atoms with Gasteiger partial charge < -0.3 is 5.32 Å². The van der Waals surface area contributed by atoms with Gasteiger partial charge in [0.15, 0.2) is 5.03 Å². The first kappa shape index (κ1) is 16.7. The molecule has 24 heavy (non-hydrogen) atoms. The van der Waals surface area contributed by atoms with Crippen molar-refractivity contribution in [2.75, 3.05) is 5.75 Å². The van der Waals surface area contributed by atoms with E-state index in [9.17, 15) is 13.2 Å². The number of benzene rings is 1. The molecule has 2 aromatic rings. The number of hydrogen-bond acceptors (Lipinski definition) is 4. The van der Waals surface area contributed by atoms with Gasteiger partial charge in [-0.15, -0.1) is 0 Å². The number of sulfone groups is 1. The molecule has 0 atom stereocenters. The molecular formula is C17H21N3O3S. The fourth-order valence-electron chi connectivity index (χ4n) is 3.04. The van der Waals surface area contributed by atoms with Crippen molar-refractivity contribution in [1.82, 2.24) is 15.1 Å². The van der Waals surface area contributed by atoms with Crippen molar-refractivity contribution in [2.45, 2.75) is 43.7 Å². The van der Waals surface area contributed by atoms with Crippen LogP contribution >= 0.6 is 0 Å². The lowest BCUT2D eigenvalue weighted by molar-refractivity contribution is -0.119. The second kappa shape index (κ2) is 6.76. The number of aromatic nitrogens is 2. The van der Waals surface area contributed by atoms with Crippen molar-refractivity contribution in [3.05, 3.63) is 42.1 Å². The van der Waals surface area contributed by atoms with Crippen LogP contribution in [0.2, 0.25) is 0 Å². The number of nitrogens with zero attached hydrogens (tertiary/aromatic N) is 2. The van der Waals surface area contributed by atoms with E-state index in [-0.39, 0.29) is 11.1 Å². The van der Waals surface area contributed by atoms with Crippen molar-refractivity contribution in [3.8, 4) is 5.69 Å². The number of carbonyl (C=O) groups excluding carboxylic acids is 1. The number of para-hydroxylation sites is 1. The lowest BCUT2D eigenvalue weighted by Crippen LogP contribution is -2.37. The Kier molecular flexibility index (Phi) is 4.71. The Balaban J connectivity index is 1.83. The van der Waals surface area contributed by atoms with Gasteiger partial charge >= 0.3 is 0 Å². The fourth-order valence-corrected chi connectivity index (χ4v) is 4.37. The second-order valence-corrected chi connectivity index (χ2v) is 8.12. The molecule has 1 aromatic heterocycles. The van der Waals surface area contributed by atoms with Crippen LogP contribution in [0.1, 0.15) is 31.4 Å². The van der Waals surface area contributed by atoms with Gasteiger partial charge in [-0.25, -0.2) is 13.1 Å². The molecule has 1 aliphatic carbocycles. The van der Waals surface area contributed by atoms with Gasteiger partial charge in [0.1, 0.15) is 5.75 Å².